The molecule has 0 aliphatic rings. The summed E-state index contributed by atoms with van der Waals surface area (Å²) in [6.45, 7) is 7.86. The van der Waals surface area contributed by atoms with Gasteiger partial charge in [-0.15, -0.1) is 0 Å². The summed E-state index contributed by atoms with van der Waals surface area (Å²) in [5, 5.41) is 11.3. The van der Waals surface area contributed by atoms with Crippen LogP contribution >= 0.6 is 0 Å². The smallest absolute Gasteiger partial charge is 0.257 e. The van der Waals surface area contributed by atoms with Crippen molar-refractivity contribution in [2.45, 2.75) is 34.2 Å². The van der Waals surface area contributed by atoms with Crippen LogP contribution in [0, 0.1) is 27.7 Å². The topological polar surface area (TPSA) is 73.0 Å². The highest BCUT2D eigenvalue weighted by Crippen LogP contribution is 2.18. The first kappa shape index (κ1) is 16.0. The summed E-state index contributed by atoms with van der Waals surface area (Å²) in [4.78, 5) is 12.4. The molecule has 0 saturated heterocycles. The van der Waals surface area contributed by atoms with E-state index in [0.29, 0.717) is 23.6 Å². The van der Waals surface area contributed by atoms with E-state index in [0.717, 1.165) is 22.6 Å². The predicted octanol–water partition coefficient (Wildman–Crippen LogP) is 3.02. The molecule has 124 valence electrons. The zero-order chi connectivity index (χ0) is 17.3. The molecular formula is C18H20N4O2. The Morgan fingerprint density at radius 1 is 1.12 bits per heavy atom. The number of aromatic nitrogens is 3. The first-order valence-corrected chi connectivity index (χ1v) is 7.80. The second-order valence-corrected chi connectivity index (χ2v) is 5.78. The highest BCUT2D eigenvalue weighted by molar-refractivity contribution is 5.96. The van der Waals surface area contributed by atoms with Crippen molar-refractivity contribution in [1.29, 1.82) is 0 Å². The number of nitrogens with one attached hydrogen (secondary N) is 1. The van der Waals surface area contributed by atoms with Gasteiger partial charge in [0.15, 0.2) is 0 Å². The lowest BCUT2D eigenvalue weighted by Crippen LogP contribution is -2.24. The van der Waals surface area contributed by atoms with Gasteiger partial charge in [0.1, 0.15) is 11.3 Å². The van der Waals surface area contributed by atoms with Crippen LogP contribution in [0.25, 0.3) is 5.69 Å². The summed E-state index contributed by atoms with van der Waals surface area (Å²) >= 11 is 0. The molecule has 2 aromatic heterocycles. The molecule has 3 aromatic rings. The molecule has 0 spiro atoms. The van der Waals surface area contributed by atoms with Crippen LogP contribution in [0.5, 0.6) is 0 Å². The first-order valence-electron chi connectivity index (χ1n) is 7.80. The Kier molecular flexibility index (Phi) is 4.20. The number of carbonyl (C=O) groups excluding carboxylic acids is 1. The van der Waals surface area contributed by atoms with Gasteiger partial charge in [-0.1, -0.05) is 23.4 Å². The van der Waals surface area contributed by atoms with Crippen molar-refractivity contribution in [3.63, 3.8) is 0 Å². The molecule has 2 heterocycles. The molecule has 0 bridgehead atoms. The lowest BCUT2D eigenvalue weighted by atomic mass is 10.1. The Hall–Kier alpha value is -2.89. The summed E-state index contributed by atoms with van der Waals surface area (Å²) in [5.74, 6) is 0.343. The van der Waals surface area contributed by atoms with Crippen LogP contribution in [-0.4, -0.2) is 20.8 Å². The number of carbonyl (C=O) groups is 1. The van der Waals surface area contributed by atoms with Crippen molar-refractivity contribution >= 4 is 5.91 Å². The normalized spacial score (nSPS) is 10.8. The molecule has 0 atom stereocenters. The van der Waals surface area contributed by atoms with Gasteiger partial charge in [-0.2, -0.15) is 5.10 Å². The average molecular weight is 324 g/mol. The number of amides is 1. The molecular weight excluding hydrogens is 304 g/mol. The number of aryl methyl sites for hydroxylation is 3. The monoisotopic (exact) mass is 324 g/mol. The Balaban J connectivity index is 1.82. The van der Waals surface area contributed by atoms with Crippen molar-refractivity contribution in [3.05, 3.63) is 64.3 Å². The van der Waals surface area contributed by atoms with Gasteiger partial charge < -0.3 is 9.84 Å². The summed E-state index contributed by atoms with van der Waals surface area (Å²) < 4.78 is 6.95. The quantitative estimate of drug-likeness (QED) is 0.800. The van der Waals surface area contributed by atoms with E-state index in [4.69, 9.17) is 4.52 Å². The lowest BCUT2D eigenvalue weighted by Gasteiger charge is -2.07. The maximum atomic E-state index is 12.4. The third-order valence-electron chi connectivity index (χ3n) is 4.13. The van der Waals surface area contributed by atoms with Gasteiger partial charge in [0.05, 0.1) is 17.1 Å². The molecule has 6 nitrogen and oxygen atoms in total. The Labute approximate surface area is 140 Å². The summed E-state index contributed by atoms with van der Waals surface area (Å²) in [6, 6.07) is 9.94. The number of hydrogen-bond donors (Lipinski definition) is 1. The number of nitrogens with zero attached hydrogens (tertiary/aromatic N) is 3. The number of benzene rings is 1. The number of rotatable bonds is 4. The van der Waals surface area contributed by atoms with Crippen LogP contribution in [0.4, 0.5) is 0 Å². The molecule has 3 rings (SSSR count). The highest BCUT2D eigenvalue weighted by atomic mass is 16.5. The van der Waals surface area contributed by atoms with Crippen molar-refractivity contribution in [2.24, 2.45) is 0 Å². The molecule has 24 heavy (non-hydrogen) atoms. The van der Waals surface area contributed by atoms with Crippen molar-refractivity contribution < 1.29 is 9.32 Å². The fourth-order valence-corrected chi connectivity index (χ4v) is 2.82. The molecule has 1 amide bonds. The van der Waals surface area contributed by atoms with Crippen molar-refractivity contribution in [3.8, 4) is 5.69 Å². The Bertz CT molecular complexity index is 859. The largest absolute Gasteiger partial charge is 0.361 e. The van der Waals surface area contributed by atoms with Gasteiger partial charge in [0.2, 0.25) is 0 Å². The molecule has 0 aliphatic carbocycles. The van der Waals surface area contributed by atoms with E-state index in [-0.39, 0.29) is 5.91 Å². The second kappa shape index (κ2) is 6.31. The van der Waals surface area contributed by atoms with Crippen LogP contribution in [-0.2, 0) is 6.54 Å². The highest BCUT2D eigenvalue weighted by Gasteiger charge is 2.19. The van der Waals surface area contributed by atoms with Gasteiger partial charge in [0, 0.05) is 17.8 Å². The van der Waals surface area contributed by atoms with Gasteiger partial charge in [-0.3, -0.25) is 4.79 Å². The van der Waals surface area contributed by atoms with Gasteiger partial charge in [0.25, 0.3) is 5.91 Å². The summed E-state index contributed by atoms with van der Waals surface area (Å²) in [7, 11) is 0. The van der Waals surface area contributed by atoms with E-state index in [1.54, 1.807) is 13.8 Å². The van der Waals surface area contributed by atoms with E-state index >= 15 is 0 Å². The average Bonchev–Trinajstić information content (AvgIpc) is 3.05. The Morgan fingerprint density at radius 3 is 2.46 bits per heavy atom. The molecule has 0 unspecified atom stereocenters. The Morgan fingerprint density at radius 2 is 1.83 bits per heavy atom. The van der Waals surface area contributed by atoms with Crippen LogP contribution in [0.1, 0.15) is 38.8 Å². The van der Waals surface area contributed by atoms with Crippen LogP contribution in [0.3, 0.4) is 0 Å². The van der Waals surface area contributed by atoms with E-state index in [9.17, 15) is 4.79 Å². The maximum absolute atomic E-state index is 12.4. The predicted molar refractivity (Wildman–Crippen MR) is 90.2 cm³/mol. The van der Waals surface area contributed by atoms with Gasteiger partial charge in [-0.25, -0.2) is 4.68 Å². The van der Waals surface area contributed by atoms with Gasteiger partial charge >= 0.3 is 0 Å². The lowest BCUT2D eigenvalue weighted by molar-refractivity contribution is 0.0949. The zero-order valence-corrected chi connectivity index (χ0v) is 14.3. The summed E-state index contributed by atoms with van der Waals surface area (Å²) in [6.07, 6.45) is 0. The molecule has 6 heteroatoms. The van der Waals surface area contributed by atoms with Crippen molar-refractivity contribution in [1.82, 2.24) is 20.3 Å². The standard InChI is InChI=1S/C18H20N4O2/c1-11-16(10-19-18(23)17-12(2)21-24-14(17)4)13(3)22(20-11)15-8-6-5-7-9-15/h5-9H,10H2,1-4H3,(H,19,23). The van der Waals surface area contributed by atoms with E-state index in [1.165, 1.54) is 0 Å². The number of hydrogen-bond acceptors (Lipinski definition) is 4. The number of para-hydroxylation sites is 1. The molecule has 1 aromatic carbocycles. The van der Waals surface area contributed by atoms with Crippen LogP contribution < -0.4 is 5.32 Å². The third kappa shape index (κ3) is 2.82. The summed E-state index contributed by atoms with van der Waals surface area (Å²) in [5.41, 5.74) is 5.02. The molecule has 0 radical (unpaired) electrons. The maximum Gasteiger partial charge on any atom is 0.257 e. The molecule has 0 saturated carbocycles. The molecule has 0 fully saturated rings. The van der Waals surface area contributed by atoms with E-state index < -0.39 is 0 Å². The minimum Gasteiger partial charge on any atom is -0.361 e. The van der Waals surface area contributed by atoms with Gasteiger partial charge in [-0.05, 0) is 39.8 Å². The first-order chi connectivity index (χ1) is 11.5. The third-order valence-corrected chi connectivity index (χ3v) is 4.13. The minimum absolute atomic E-state index is 0.183. The second-order valence-electron chi connectivity index (χ2n) is 5.78. The molecule has 0 aliphatic heterocycles. The van der Waals surface area contributed by atoms with Crippen LogP contribution in [0.2, 0.25) is 0 Å². The zero-order valence-electron chi connectivity index (χ0n) is 14.3. The fourth-order valence-electron chi connectivity index (χ4n) is 2.82. The fraction of sp³-hybridized carbons (Fsp3) is 0.278. The van der Waals surface area contributed by atoms with E-state index in [1.807, 2.05) is 48.9 Å². The van der Waals surface area contributed by atoms with Crippen molar-refractivity contribution in [2.75, 3.05) is 0 Å². The van der Waals surface area contributed by atoms with E-state index in [2.05, 4.69) is 15.6 Å². The molecule has 1 N–H and O–H groups in total. The minimum atomic E-state index is -0.183. The SMILES string of the molecule is Cc1nn(-c2ccccc2)c(C)c1CNC(=O)c1c(C)noc1C. The van der Waals surface area contributed by atoms with Crippen LogP contribution in [0.15, 0.2) is 34.9 Å².